The van der Waals surface area contributed by atoms with Gasteiger partial charge in [0.25, 0.3) is 0 Å². The van der Waals surface area contributed by atoms with E-state index in [2.05, 4.69) is 14.8 Å². The van der Waals surface area contributed by atoms with Gasteiger partial charge in [-0.15, -0.1) is 26.3 Å². The van der Waals surface area contributed by atoms with Crippen molar-refractivity contribution in [3.8, 4) is 22.6 Å². The molecule has 1 N–H and O–H groups in total. The molecule has 2 unspecified atom stereocenters. The van der Waals surface area contributed by atoms with Crippen LogP contribution in [-0.2, 0) is 22.7 Å². The fraction of sp³-hybridized carbons (Fsp3) is 0.333. The third kappa shape index (κ3) is 8.40. The monoisotopic (exact) mass is 594 g/mol. The van der Waals surface area contributed by atoms with E-state index in [0.717, 1.165) is 17.7 Å². The normalized spacial score (nSPS) is 17.0. The minimum absolute atomic E-state index is 0.0852. The van der Waals surface area contributed by atoms with Gasteiger partial charge in [0, 0.05) is 37.5 Å². The first kappa shape index (κ1) is 30.7. The highest BCUT2D eigenvalue weighted by Crippen LogP contribution is 2.35. The molecule has 2 amide bonds. The van der Waals surface area contributed by atoms with Gasteiger partial charge in [-0.25, -0.2) is 0 Å². The van der Waals surface area contributed by atoms with Crippen LogP contribution in [0.1, 0.15) is 30.4 Å². The van der Waals surface area contributed by atoms with E-state index in [9.17, 15) is 35.9 Å². The molecule has 0 saturated heterocycles. The maximum Gasteiger partial charge on any atom is 0.573 e. The van der Waals surface area contributed by atoms with E-state index in [1.165, 1.54) is 35.2 Å². The zero-order valence-corrected chi connectivity index (χ0v) is 22.5. The number of alkyl halides is 6. The fourth-order valence-corrected chi connectivity index (χ4v) is 5.04. The molecule has 2 atom stereocenters. The smallest absolute Gasteiger partial charge is 0.406 e. The molecule has 224 valence electrons. The molecule has 3 aromatic carbocycles. The Morgan fingerprint density at radius 3 is 2.05 bits per heavy atom. The molecule has 6 nitrogen and oxygen atoms in total. The Labute approximate surface area is 238 Å². The summed E-state index contributed by atoms with van der Waals surface area (Å²) >= 11 is 0. The highest BCUT2D eigenvalue weighted by molar-refractivity contribution is 5.88. The van der Waals surface area contributed by atoms with Crippen LogP contribution in [0.5, 0.6) is 11.5 Å². The summed E-state index contributed by atoms with van der Waals surface area (Å²) in [5.41, 5.74) is 2.12. The molecule has 0 spiro atoms. The lowest BCUT2D eigenvalue weighted by atomic mass is 9.93. The molecule has 1 aliphatic rings. The summed E-state index contributed by atoms with van der Waals surface area (Å²) in [6, 6.07) is 17.7. The molecular weight excluding hydrogens is 566 g/mol. The molecule has 1 aliphatic carbocycles. The van der Waals surface area contributed by atoms with Gasteiger partial charge in [0.1, 0.15) is 11.5 Å². The van der Waals surface area contributed by atoms with Crippen LogP contribution in [0, 0.1) is 11.8 Å². The van der Waals surface area contributed by atoms with Crippen molar-refractivity contribution in [3.05, 3.63) is 83.9 Å². The zero-order valence-electron chi connectivity index (χ0n) is 22.5. The molecule has 42 heavy (non-hydrogen) atoms. The van der Waals surface area contributed by atoms with Gasteiger partial charge in [0.15, 0.2) is 0 Å². The van der Waals surface area contributed by atoms with Crippen LogP contribution in [0.25, 0.3) is 11.1 Å². The van der Waals surface area contributed by atoms with Gasteiger partial charge in [-0.1, -0.05) is 61.0 Å². The molecule has 12 heteroatoms. The Hall–Kier alpha value is -4.22. The lowest BCUT2D eigenvalue weighted by Crippen LogP contribution is -2.40. The van der Waals surface area contributed by atoms with E-state index in [0.29, 0.717) is 30.4 Å². The van der Waals surface area contributed by atoms with E-state index in [1.54, 1.807) is 37.4 Å². The number of ether oxygens (including phenoxy) is 2. The van der Waals surface area contributed by atoms with Gasteiger partial charge in [-0.05, 0) is 47.7 Å². The number of nitrogens with one attached hydrogen (secondary N) is 1. The van der Waals surface area contributed by atoms with Crippen molar-refractivity contribution in [2.45, 2.75) is 45.1 Å². The molecule has 0 radical (unpaired) electrons. The molecule has 0 aliphatic heterocycles. The summed E-state index contributed by atoms with van der Waals surface area (Å²) in [4.78, 5) is 27.7. The maximum atomic E-state index is 13.3. The summed E-state index contributed by atoms with van der Waals surface area (Å²) in [5, 5.41) is 2.77. The SMILES string of the molecule is CN(Cc1ccc(-c2ccccc2OC(F)(F)F)cc1)C(=O)C1CCCC1C(=O)NCc1ccc(OC(F)(F)F)cc1. The van der Waals surface area contributed by atoms with Crippen LogP contribution in [-0.4, -0.2) is 36.5 Å². The zero-order chi connectivity index (χ0) is 30.5. The summed E-state index contributed by atoms with van der Waals surface area (Å²) in [7, 11) is 1.63. The summed E-state index contributed by atoms with van der Waals surface area (Å²) < 4.78 is 83.4. The molecule has 0 heterocycles. The number of amides is 2. The van der Waals surface area contributed by atoms with Crippen LogP contribution in [0.2, 0.25) is 0 Å². The lowest BCUT2D eigenvalue weighted by Gasteiger charge is -2.25. The van der Waals surface area contributed by atoms with Gasteiger partial charge < -0.3 is 19.7 Å². The van der Waals surface area contributed by atoms with E-state index in [1.807, 2.05) is 0 Å². The number of carbonyl (C=O) groups is 2. The van der Waals surface area contributed by atoms with Crippen LogP contribution < -0.4 is 14.8 Å². The number of para-hydroxylation sites is 1. The van der Waals surface area contributed by atoms with Crippen molar-refractivity contribution < 1.29 is 45.4 Å². The lowest BCUT2D eigenvalue weighted by molar-refractivity contribution is -0.275. The fourth-order valence-electron chi connectivity index (χ4n) is 5.04. The third-order valence-electron chi connectivity index (χ3n) is 6.97. The molecule has 1 saturated carbocycles. The van der Waals surface area contributed by atoms with Crippen LogP contribution in [0.3, 0.4) is 0 Å². The second kappa shape index (κ2) is 12.7. The number of carbonyl (C=O) groups excluding carboxylic acids is 2. The second-order valence-corrected chi connectivity index (χ2v) is 9.99. The van der Waals surface area contributed by atoms with Crippen LogP contribution in [0.15, 0.2) is 72.8 Å². The number of benzene rings is 3. The highest BCUT2D eigenvalue weighted by Gasteiger charge is 2.39. The first-order chi connectivity index (χ1) is 19.8. The Bertz CT molecular complexity index is 1370. The van der Waals surface area contributed by atoms with E-state index < -0.39 is 24.6 Å². The average molecular weight is 595 g/mol. The maximum absolute atomic E-state index is 13.3. The largest absolute Gasteiger partial charge is 0.573 e. The summed E-state index contributed by atoms with van der Waals surface area (Å²) in [6.07, 6.45) is -7.85. The summed E-state index contributed by atoms with van der Waals surface area (Å²) in [5.74, 6) is -2.25. The first-order valence-electron chi connectivity index (χ1n) is 13.1. The van der Waals surface area contributed by atoms with Gasteiger partial charge in [-0.2, -0.15) is 0 Å². The standard InChI is InChI=1S/C30H28F6N2O4/c1-38(18-20-9-13-21(14-10-20)23-5-2-3-8-26(23)42-30(34,35)36)28(40)25-7-4-6-24(25)27(39)37-17-19-11-15-22(16-12-19)41-29(31,32)33/h2-3,5,8-16,24-25H,4,6-7,17-18H2,1H3,(H,37,39). The number of rotatable bonds is 9. The predicted octanol–water partition coefficient (Wildman–Crippen LogP) is 6.84. The van der Waals surface area contributed by atoms with Gasteiger partial charge in [-0.3, -0.25) is 9.59 Å². The number of hydrogen-bond donors (Lipinski definition) is 1. The van der Waals surface area contributed by atoms with Gasteiger partial charge in [0.05, 0.1) is 0 Å². The van der Waals surface area contributed by atoms with Crippen LogP contribution in [0.4, 0.5) is 26.3 Å². The third-order valence-corrected chi connectivity index (χ3v) is 6.97. The Kier molecular flexibility index (Phi) is 9.33. The number of halogens is 6. The Morgan fingerprint density at radius 1 is 0.810 bits per heavy atom. The highest BCUT2D eigenvalue weighted by atomic mass is 19.4. The van der Waals surface area contributed by atoms with Crippen LogP contribution >= 0.6 is 0 Å². The molecule has 4 rings (SSSR count). The number of nitrogens with zero attached hydrogens (tertiary/aromatic N) is 1. The molecule has 0 bridgehead atoms. The van der Waals surface area contributed by atoms with Gasteiger partial charge in [0.2, 0.25) is 11.8 Å². The van der Waals surface area contributed by atoms with Crippen molar-refractivity contribution in [1.29, 1.82) is 0 Å². The first-order valence-corrected chi connectivity index (χ1v) is 13.1. The van der Waals surface area contributed by atoms with Crippen molar-refractivity contribution >= 4 is 11.8 Å². The Balaban J connectivity index is 1.33. The molecule has 0 aromatic heterocycles. The van der Waals surface area contributed by atoms with Crippen molar-refractivity contribution in [1.82, 2.24) is 10.2 Å². The topological polar surface area (TPSA) is 67.9 Å². The quantitative estimate of drug-likeness (QED) is 0.276. The van der Waals surface area contributed by atoms with Gasteiger partial charge >= 0.3 is 12.7 Å². The minimum Gasteiger partial charge on any atom is -0.406 e. The average Bonchev–Trinajstić information content (AvgIpc) is 3.41. The van der Waals surface area contributed by atoms with E-state index >= 15 is 0 Å². The predicted molar refractivity (Wildman–Crippen MR) is 141 cm³/mol. The number of hydrogen-bond acceptors (Lipinski definition) is 4. The molecule has 1 fully saturated rings. The summed E-state index contributed by atoms with van der Waals surface area (Å²) in [6.45, 7) is 0.318. The molecule has 3 aromatic rings. The van der Waals surface area contributed by atoms with E-state index in [4.69, 9.17) is 0 Å². The van der Waals surface area contributed by atoms with Crippen molar-refractivity contribution in [3.63, 3.8) is 0 Å². The van der Waals surface area contributed by atoms with E-state index in [-0.39, 0.29) is 42.0 Å². The van der Waals surface area contributed by atoms with Crippen molar-refractivity contribution in [2.75, 3.05) is 7.05 Å². The Morgan fingerprint density at radius 2 is 1.40 bits per heavy atom. The molecular formula is C30H28F6N2O4. The van der Waals surface area contributed by atoms with Crippen molar-refractivity contribution in [2.24, 2.45) is 11.8 Å². The minimum atomic E-state index is -4.82. The second-order valence-electron chi connectivity index (χ2n) is 9.99.